The first-order chi connectivity index (χ1) is 8.12. The molecule has 1 aliphatic carbocycles. The van der Waals surface area contributed by atoms with Crippen LogP contribution in [0, 0.1) is 5.41 Å². The van der Waals surface area contributed by atoms with Gasteiger partial charge in [0.15, 0.2) is 0 Å². The van der Waals surface area contributed by atoms with Crippen molar-refractivity contribution in [2.24, 2.45) is 5.41 Å². The normalized spacial score (nSPS) is 20.9. The summed E-state index contributed by atoms with van der Waals surface area (Å²) >= 11 is 0. The van der Waals surface area contributed by atoms with Gasteiger partial charge in [-0.15, -0.1) is 0 Å². The second kappa shape index (κ2) is 5.22. The van der Waals surface area contributed by atoms with Gasteiger partial charge in [0.1, 0.15) is 0 Å². The van der Waals surface area contributed by atoms with Gasteiger partial charge < -0.3 is 5.32 Å². The average molecular weight is 231 g/mol. The number of hydrogen-bond acceptors (Lipinski definition) is 1. The van der Waals surface area contributed by atoms with E-state index in [4.69, 9.17) is 0 Å². The third-order valence-corrected chi connectivity index (χ3v) is 4.48. The van der Waals surface area contributed by atoms with Gasteiger partial charge in [0.25, 0.3) is 0 Å². The zero-order valence-corrected chi connectivity index (χ0v) is 11.4. The molecule has 1 nitrogen and oxygen atoms in total. The summed E-state index contributed by atoms with van der Waals surface area (Å²) in [6.07, 6.45) is 4.02. The lowest BCUT2D eigenvalue weighted by Crippen LogP contribution is -2.34. The highest BCUT2D eigenvalue weighted by atomic mass is 14.9. The third-order valence-electron chi connectivity index (χ3n) is 4.48. The van der Waals surface area contributed by atoms with Crippen LogP contribution in [0.3, 0.4) is 0 Å². The molecule has 0 radical (unpaired) electrons. The zero-order chi connectivity index (χ0) is 12.3. The maximum atomic E-state index is 3.69. The van der Waals surface area contributed by atoms with Gasteiger partial charge in [-0.1, -0.05) is 44.2 Å². The van der Waals surface area contributed by atoms with Gasteiger partial charge in [0.05, 0.1) is 0 Å². The lowest BCUT2D eigenvalue weighted by molar-refractivity contribution is 0.375. The van der Waals surface area contributed by atoms with E-state index in [1.807, 2.05) is 0 Å². The minimum absolute atomic E-state index is 0.593. The van der Waals surface area contributed by atoms with Crippen LogP contribution in [-0.2, 0) is 0 Å². The van der Waals surface area contributed by atoms with Crippen LogP contribution in [-0.4, -0.2) is 12.6 Å². The van der Waals surface area contributed by atoms with Crippen molar-refractivity contribution in [2.75, 3.05) is 6.54 Å². The molecule has 0 spiro atoms. The fourth-order valence-electron chi connectivity index (χ4n) is 2.34. The Kier molecular flexibility index (Phi) is 3.88. The Labute approximate surface area is 106 Å². The molecule has 0 bridgehead atoms. The molecule has 2 unspecified atom stereocenters. The monoisotopic (exact) mass is 231 g/mol. The van der Waals surface area contributed by atoms with Crippen LogP contribution in [0.5, 0.6) is 0 Å². The van der Waals surface area contributed by atoms with Crippen LogP contribution in [0.1, 0.15) is 51.5 Å². The highest BCUT2D eigenvalue weighted by Gasteiger charge is 2.41. The Balaban J connectivity index is 1.72. The standard InChI is InChI=1S/C16H25N/c1-13(15-7-5-4-6-8-15)9-12-17-14(2)16(3)10-11-16/h4-8,13-14,17H,9-12H2,1-3H3. The highest BCUT2D eigenvalue weighted by molar-refractivity contribution is 5.18. The highest BCUT2D eigenvalue weighted by Crippen LogP contribution is 2.47. The van der Waals surface area contributed by atoms with Gasteiger partial charge in [-0.3, -0.25) is 0 Å². The Morgan fingerprint density at radius 2 is 1.82 bits per heavy atom. The summed E-state index contributed by atoms with van der Waals surface area (Å²) in [6.45, 7) is 8.18. The molecule has 1 aromatic carbocycles. The second-order valence-electron chi connectivity index (χ2n) is 5.93. The molecule has 1 fully saturated rings. The van der Waals surface area contributed by atoms with Gasteiger partial charge >= 0.3 is 0 Å². The summed E-state index contributed by atoms with van der Waals surface area (Å²) in [6, 6.07) is 11.5. The quantitative estimate of drug-likeness (QED) is 0.781. The number of hydrogen-bond donors (Lipinski definition) is 1. The van der Waals surface area contributed by atoms with Crippen LogP contribution >= 0.6 is 0 Å². The van der Waals surface area contributed by atoms with Crippen LogP contribution in [0.25, 0.3) is 0 Å². The number of benzene rings is 1. The molecule has 2 rings (SSSR count). The zero-order valence-electron chi connectivity index (χ0n) is 11.4. The van der Waals surface area contributed by atoms with Crippen molar-refractivity contribution >= 4 is 0 Å². The van der Waals surface area contributed by atoms with Crippen molar-refractivity contribution in [3.8, 4) is 0 Å². The molecule has 0 heterocycles. The fraction of sp³-hybridized carbons (Fsp3) is 0.625. The summed E-state index contributed by atoms with van der Waals surface area (Å²) in [7, 11) is 0. The lowest BCUT2D eigenvalue weighted by atomic mass is 9.96. The summed E-state index contributed by atoms with van der Waals surface area (Å²) in [5.74, 6) is 0.655. The predicted octanol–water partition coefficient (Wildman–Crippen LogP) is 3.96. The van der Waals surface area contributed by atoms with E-state index >= 15 is 0 Å². The Bertz CT molecular complexity index is 340. The largest absolute Gasteiger partial charge is 0.314 e. The molecule has 17 heavy (non-hydrogen) atoms. The van der Waals surface area contributed by atoms with Gasteiger partial charge in [-0.2, -0.15) is 0 Å². The van der Waals surface area contributed by atoms with Crippen LogP contribution in [0.15, 0.2) is 30.3 Å². The van der Waals surface area contributed by atoms with Crippen molar-refractivity contribution < 1.29 is 0 Å². The van der Waals surface area contributed by atoms with Crippen molar-refractivity contribution in [1.29, 1.82) is 0 Å². The fourth-order valence-corrected chi connectivity index (χ4v) is 2.34. The second-order valence-corrected chi connectivity index (χ2v) is 5.93. The van der Waals surface area contributed by atoms with Crippen molar-refractivity contribution in [3.63, 3.8) is 0 Å². The molecular weight excluding hydrogens is 206 g/mol. The molecule has 1 aromatic rings. The third kappa shape index (κ3) is 3.32. The van der Waals surface area contributed by atoms with Crippen molar-refractivity contribution in [2.45, 2.75) is 52.0 Å². The van der Waals surface area contributed by atoms with E-state index in [1.54, 1.807) is 0 Å². The van der Waals surface area contributed by atoms with Gasteiger partial charge in [-0.25, -0.2) is 0 Å². The van der Waals surface area contributed by atoms with E-state index in [2.05, 4.69) is 56.4 Å². The van der Waals surface area contributed by atoms with E-state index in [0.717, 1.165) is 6.54 Å². The summed E-state index contributed by atoms with van der Waals surface area (Å²) in [4.78, 5) is 0. The lowest BCUT2D eigenvalue weighted by Gasteiger charge is -2.21. The van der Waals surface area contributed by atoms with Crippen molar-refractivity contribution in [3.05, 3.63) is 35.9 Å². The molecule has 1 aliphatic rings. The maximum Gasteiger partial charge on any atom is 0.00925 e. The van der Waals surface area contributed by atoms with E-state index in [-0.39, 0.29) is 0 Å². The molecule has 0 aromatic heterocycles. The maximum absolute atomic E-state index is 3.69. The minimum Gasteiger partial charge on any atom is -0.314 e. The molecule has 2 atom stereocenters. The molecule has 0 aliphatic heterocycles. The summed E-state index contributed by atoms with van der Waals surface area (Å²) in [5.41, 5.74) is 2.05. The molecule has 1 saturated carbocycles. The average Bonchev–Trinajstić information content (AvgIpc) is 3.09. The van der Waals surface area contributed by atoms with Gasteiger partial charge in [0.2, 0.25) is 0 Å². The molecule has 1 N–H and O–H groups in total. The van der Waals surface area contributed by atoms with Gasteiger partial charge in [0, 0.05) is 6.04 Å². The van der Waals surface area contributed by atoms with E-state index in [1.165, 1.54) is 24.8 Å². The van der Waals surface area contributed by atoms with Gasteiger partial charge in [-0.05, 0) is 49.6 Å². The molecule has 94 valence electrons. The Morgan fingerprint density at radius 3 is 2.41 bits per heavy atom. The SMILES string of the molecule is CC(CCNC(C)C1(C)CC1)c1ccccc1. The van der Waals surface area contributed by atoms with Crippen LogP contribution in [0.2, 0.25) is 0 Å². The minimum atomic E-state index is 0.593. The molecule has 0 saturated heterocycles. The Hall–Kier alpha value is -0.820. The Morgan fingerprint density at radius 1 is 1.18 bits per heavy atom. The number of nitrogens with one attached hydrogen (secondary N) is 1. The summed E-state index contributed by atoms with van der Waals surface area (Å²) in [5, 5.41) is 3.69. The van der Waals surface area contributed by atoms with E-state index < -0.39 is 0 Å². The van der Waals surface area contributed by atoms with E-state index in [0.29, 0.717) is 17.4 Å². The molecular formula is C16H25N. The molecule has 0 amide bonds. The first-order valence-corrected chi connectivity index (χ1v) is 6.90. The topological polar surface area (TPSA) is 12.0 Å². The smallest absolute Gasteiger partial charge is 0.00925 e. The molecule has 1 heteroatoms. The first kappa shape index (κ1) is 12.6. The van der Waals surface area contributed by atoms with Crippen LogP contribution < -0.4 is 5.32 Å². The van der Waals surface area contributed by atoms with Crippen LogP contribution in [0.4, 0.5) is 0 Å². The first-order valence-electron chi connectivity index (χ1n) is 6.90. The van der Waals surface area contributed by atoms with Crippen molar-refractivity contribution in [1.82, 2.24) is 5.32 Å². The predicted molar refractivity (Wildman–Crippen MR) is 74.3 cm³/mol. The summed E-state index contributed by atoms with van der Waals surface area (Å²) < 4.78 is 0. The van der Waals surface area contributed by atoms with E-state index in [9.17, 15) is 0 Å². The number of rotatable bonds is 6.